The van der Waals surface area contributed by atoms with E-state index in [4.69, 9.17) is 0 Å². The first-order valence-electron chi connectivity index (χ1n) is 7.75. The van der Waals surface area contributed by atoms with E-state index in [0.717, 1.165) is 22.9 Å². The number of alkyl halides is 6. The van der Waals surface area contributed by atoms with Crippen LogP contribution in [0.1, 0.15) is 32.0 Å². The Balaban J connectivity index is 2.72. The number of hydrogen-bond donors (Lipinski definition) is 1. The molecule has 0 saturated heterocycles. The lowest BCUT2D eigenvalue weighted by Crippen LogP contribution is -2.28. The van der Waals surface area contributed by atoms with Crippen LogP contribution < -0.4 is 5.32 Å². The Kier molecular flexibility index (Phi) is 5.06. The zero-order valence-corrected chi connectivity index (χ0v) is 14.9. The summed E-state index contributed by atoms with van der Waals surface area (Å²) in [5.74, 6) is -0.936. The number of nitrogens with one attached hydrogen (secondary N) is 1. The molecule has 4 nitrogen and oxygen atoms in total. The van der Waals surface area contributed by atoms with E-state index in [-0.39, 0.29) is 11.4 Å². The van der Waals surface area contributed by atoms with Crippen LogP contribution in [0.25, 0.3) is 11.1 Å². The van der Waals surface area contributed by atoms with E-state index in [0.29, 0.717) is 6.07 Å². The number of carbonyl (C=O) groups is 1. The Morgan fingerprint density at radius 1 is 1.04 bits per heavy atom. The standard InChI is InChI=1S/C17H17F6N3O/c1-15(2,3)14(27)24-13-11(12(17(21,22)23)25-26(13)4)9-6-5-7-10(8-9)16(18,19)20/h5-8H,1-4H3,(H,24,27). The molecule has 1 aromatic heterocycles. The van der Waals surface area contributed by atoms with E-state index in [1.165, 1.54) is 7.05 Å². The Labute approximate surface area is 151 Å². The first-order chi connectivity index (χ1) is 12.1. The molecule has 27 heavy (non-hydrogen) atoms. The molecule has 0 bridgehead atoms. The van der Waals surface area contributed by atoms with Crippen molar-refractivity contribution in [1.82, 2.24) is 9.78 Å². The Bertz CT molecular complexity index is 859. The topological polar surface area (TPSA) is 46.9 Å². The largest absolute Gasteiger partial charge is 0.435 e. The van der Waals surface area contributed by atoms with E-state index >= 15 is 0 Å². The number of aryl methyl sites for hydroxylation is 1. The van der Waals surface area contributed by atoms with Crippen LogP contribution in [0.2, 0.25) is 0 Å². The molecule has 0 aliphatic rings. The number of halogens is 6. The van der Waals surface area contributed by atoms with E-state index < -0.39 is 40.5 Å². The van der Waals surface area contributed by atoms with E-state index in [2.05, 4.69) is 10.4 Å². The van der Waals surface area contributed by atoms with Crippen molar-refractivity contribution in [2.45, 2.75) is 33.1 Å². The normalized spacial score (nSPS) is 13.0. The zero-order valence-electron chi connectivity index (χ0n) is 14.9. The number of amides is 1. The molecular weight excluding hydrogens is 376 g/mol. The van der Waals surface area contributed by atoms with Crippen LogP contribution in [0, 0.1) is 5.41 Å². The first kappa shape index (κ1) is 20.8. The van der Waals surface area contributed by atoms with Gasteiger partial charge in [-0.05, 0) is 17.7 Å². The minimum Gasteiger partial charge on any atom is -0.310 e. The lowest BCUT2D eigenvalue weighted by molar-refractivity contribution is -0.141. The number of carbonyl (C=O) groups excluding carboxylic acids is 1. The summed E-state index contributed by atoms with van der Waals surface area (Å²) in [5.41, 5.74) is -4.39. The molecule has 2 aromatic rings. The smallest absolute Gasteiger partial charge is 0.310 e. The molecule has 2 rings (SSSR count). The maximum absolute atomic E-state index is 13.4. The van der Waals surface area contributed by atoms with Gasteiger partial charge in [-0.25, -0.2) is 0 Å². The fraction of sp³-hybridized carbons (Fsp3) is 0.412. The molecule has 0 atom stereocenters. The zero-order chi connectivity index (χ0) is 20.8. The van der Waals surface area contributed by atoms with Crippen LogP contribution in [0.5, 0.6) is 0 Å². The second-order valence-electron chi connectivity index (χ2n) is 6.98. The SMILES string of the molecule is Cn1nc(C(F)(F)F)c(-c2cccc(C(F)(F)F)c2)c1NC(=O)C(C)(C)C. The predicted octanol–water partition coefficient (Wildman–Crippen LogP) is 5.11. The average molecular weight is 393 g/mol. The summed E-state index contributed by atoms with van der Waals surface area (Å²) in [6.45, 7) is 4.65. The molecule has 0 spiro atoms. The average Bonchev–Trinajstić information content (AvgIpc) is 2.83. The van der Waals surface area contributed by atoms with Gasteiger partial charge in [0.25, 0.3) is 0 Å². The van der Waals surface area contributed by atoms with Crippen LogP contribution in [-0.4, -0.2) is 15.7 Å². The quantitative estimate of drug-likeness (QED) is 0.721. The van der Waals surface area contributed by atoms with Crippen LogP contribution in [-0.2, 0) is 24.2 Å². The molecule has 1 amide bonds. The second-order valence-corrected chi connectivity index (χ2v) is 6.98. The molecule has 0 saturated carbocycles. The van der Waals surface area contributed by atoms with Crippen molar-refractivity contribution in [2.24, 2.45) is 12.5 Å². The monoisotopic (exact) mass is 393 g/mol. The van der Waals surface area contributed by atoms with Gasteiger partial charge in [-0.3, -0.25) is 9.48 Å². The highest BCUT2D eigenvalue weighted by Gasteiger charge is 2.41. The van der Waals surface area contributed by atoms with Gasteiger partial charge in [-0.1, -0.05) is 32.9 Å². The second kappa shape index (κ2) is 6.58. The number of aromatic nitrogens is 2. The van der Waals surface area contributed by atoms with E-state index in [1.807, 2.05) is 0 Å². The number of anilines is 1. The van der Waals surface area contributed by atoms with Crippen molar-refractivity contribution in [1.29, 1.82) is 0 Å². The van der Waals surface area contributed by atoms with E-state index in [1.54, 1.807) is 20.8 Å². The highest BCUT2D eigenvalue weighted by molar-refractivity contribution is 5.97. The maximum Gasteiger partial charge on any atom is 0.435 e. The van der Waals surface area contributed by atoms with Gasteiger partial charge in [-0.15, -0.1) is 0 Å². The fourth-order valence-corrected chi connectivity index (χ4v) is 2.29. The van der Waals surface area contributed by atoms with Gasteiger partial charge < -0.3 is 5.32 Å². The van der Waals surface area contributed by atoms with Crippen LogP contribution in [0.15, 0.2) is 24.3 Å². The van der Waals surface area contributed by atoms with Crippen molar-refractivity contribution < 1.29 is 31.1 Å². The van der Waals surface area contributed by atoms with Crippen LogP contribution in [0.3, 0.4) is 0 Å². The third-order valence-electron chi connectivity index (χ3n) is 3.71. The Morgan fingerprint density at radius 3 is 2.11 bits per heavy atom. The minimum atomic E-state index is -4.92. The summed E-state index contributed by atoms with van der Waals surface area (Å²) in [4.78, 5) is 12.2. The molecule has 0 unspecified atom stereocenters. The summed E-state index contributed by atoms with van der Waals surface area (Å²) in [6.07, 6.45) is -9.66. The molecule has 0 radical (unpaired) electrons. The van der Waals surface area contributed by atoms with Crippen molar-refractivity contribution in [3.05, 3.63) is 35.5 Å². The van der Waals surface area contributed by atoms with Crippen molar-refractivity contribution in [3.8, 4) is 11.1 Å². The van der Waals surface area contributed by atoms with Crippen LogP contribution in [0.4, 0.5) is 32.2 Å². The fourth-order valence-electron chi connectivity index (χ4n) is 2.29. The molecule has 0 aliphatic carbocycles. The highest BCUT2D eigenvalue weighted by Crippen LogP contribution is 2.42. The number of hydrogen-bond acceptors (Lipinski definition) is 2. The summed E-state index contributed by atoms with van der Waals surface area (Å²) >= 11 is 0. The predicted molar refractivity (Wildman–Crippen MR) is 86.7 cm³/mol. The van der Waals surface area contributed by atoms with Gasteiger partial charge in [0.15, 0.2) is 5.69 Å². The van der Waals surface area contributed by atoms with Gasteiger partial charge in [0.1, 0.15) is 5.82 Å². The van der Waals surface area contributed by atoms with Gasteiger partial charge in [0.05, 0.1) is 11.1 Å². The summed E-state index contributed by atoms with van der Waals surface area (Å²) < 4.78 is 80.0. The van der Waals surface area contributed by atoms with Gasteiger partial charge in [0.2, 0.25) is 5.91 Å². The molecule has 1 aromatic carbocycles. The summed E-state index contributed by atoms with van der Waals surface area (Å²) in [5, 5.41) is 5.73. The Morgan fingerprint density at radius 2 is 1.63 bits per heavy atom. The molecule has 0 fully saturated rings. The molecule has 1 heterocycles. The maximum atomic E-state index is 13.4. The van der Waals surface area contributed by atoms with Gasteiger partial charge >= 0.3 is 12.4 Å². The first-order valence-corrected chi connectivity index (χ1v) is 7.75. The van der Waals surface area contributed by atoms with Gasteiger partial charge in [-0.2, -0.15) is 31.4 Å². The third kappa shape index (κ3) is 4.42. The van der Waals surface area contributed by atoms with Crippen LogP contribution >= 0.6 is 0 Å². The number of benzene rings is 1. The van der Waals surface area contributed by atoms with Crippen molar-refractivity contribution >= 4 is 11.7 Å². The third-order valence-corrected chi connectivity index (χ3v) is 3.71. The molecule has 0 aliphatic heterocycles. The molecule has 148 valence electrons. The van der Waals surface area contributed by atoms with Crippen molar-refractivity contribution in [2.75, 3.05) is 5.32 Å². The highest BCUT2D eigenvalue weighted by atomic mass is 19.4. The lowest BCUT2D eigenvalue weighted by atomic mass is 9.95. The van der Waals surface area contributed by atoms with E-state index in [9.17, 15) is 31.1 Å². The van der Waals surface area contributed by atoms with Gasteiger partial charge in [0, 0.05) is 12.5 Å². The summed E-state index contributed by atoms with van der Waals surface area (Å²) in [7, 11) is 1.17. The molecular formula is C17H17F6N3O. The number of rotatable bonds is 2. The molecule has 1 N–H and O–H groups in total. The molecule has 10 heteroatoms. The summed E-state index contributed by atoms with van der Waals surface area (Å²) in [6, 6.07) is 3.45. The number of nitrogens with zero attached hydrogens (tertiary/aromatic N) is 2. The van der Waals surface area contributed by atoms with Crippen molar-refractivity contribution in [3.63, 3.8) is 0 Å². The lowest BCUT2D eigenvalue weighted by Gasteiger charge is -2.19. The minimum absolute atomic E-state index is 0.332. The Hall–Kier alpha value is -2.52.